The van der Waals surface area contributed by atoms with E-state index in [1.807, 2.05) is 54.6 Å². The van der Waals surface area contributed by atoms with Gasteiger partial charge in [0.2, 0.25) is 5.91 Å². The van der Waals surface area contributed by atoms with E-state index in [9.17, 15) is 9.59 Å². The number of hydrogen-bond donors (Lipinski definition) is 2. The molecule has 0 aliphatic heterocycles. The highest BCUT2D eigenvalue weighted by atomic mass is 35.5. The summed E-state index contributed by atoms with van der Waals surface area (Å²) in [5, 5.41) is 6.71. The highest BCUT2D eigenvalue weighted by Crippen LogP contribution is 2.34. The topological polar surface area (TPSA) is 58.2 Å². The molecule has 0 saturated carbocycles. The van der Waals surface area contributed by atoms with E-state index in [2.05, 4.69) is 10.6 Å². The highest BCUT2D eigenvalue weighted by Gasteiger charge is 2.17. The standard InChI is InChI=1S/C19H17ClN2O2S/c20-17-14-8-4-5-9-15(14)25-18(17)19(24)22-12-16(23)21-11-10-13-6-2-1-3-7-13/h1-9H,10-12H2,(H,21,23)(H,22,24). The maximum atomic E-state index is 12.3. The van der Waals surface area contributed by atoms with E-state index >= 15 is 0 Å². The van der Waals surface area contributed by atoms with E-state index in [0.29, 0.717) is 16.4 Å². The van der Waals surface area contributed by atoms with Crippen molar-refractivity contribution < 1.29 is 9.59 Å². The molecular formula is C19H17ClN2O2S. The Hall–Kier alpha value is -2.37. The molecule has 0 saturated heterocycles. The lowest BCUT2D eigenvalue weighted by molar-refractivity contribution is -0.120. The third-order valence-electron chi connectivity index (χ3n) is 3.73. The average molecular weight is 373 g/mol. The van der Waals surface area contributed by atoms with E-state index in [-0.39, 0.29) is 18.4 Å². The second-order valence-corrected chi connectivity index (χ2v) is 6.94. The Bertz CT molecular complexity index is 893. The van der Waals surface area contributed by atoms with Crippen molar-refractivity contribution in [3.8, 4) is 0 Å². The highest BCUT2D eigenvalue weighted by molar-refractivity contribution is 7.21. The van der Waals surface area contributed by atoms with Crippen LogP contribution in [0.1, 0.15) is 15.2 Å². The van der Waals surface area contributed by atoms with Gasteiger partial charge in [0.15, 0.2) is 0 Å². The van der Waals surface area contributed by atoms with Gasteiger partial charge in [0.25, 0.3) is 5.91 Å². The van der Waals surface area contributed by atoms with Crippen LogP contribution < -0.4 is 10.6 Å². The lowest BCUT2D eigenvalue weighted by atomic mass is 10.1. The van der Waals surface area contributed by atoms with E-state index in [1.165, 1.54) is 11.3 Å². The van der Waals surface area contributed by atoms with Crippen molar-refractivity contribution >= 4 is 44.8 Å². The SMILES string of the molecule is O=C(CNC(=O)c1sc2ccccc2c1Cl)NCCc1ccccc1. The van der Waals surface area contributed by atoms with Crippen LogP contribution in [0.5, 0.6) is 0 Å². The molecule has 0 aliphatic rings. The van der Waals surface area contributed by atoms with E-state index in [1.54, 1.807) is 0 Å². The Labute approximate surface area is 154 Å². The van der Waals surface area contributed by atoms with E-state index in [4.69, 9.17) is 11.6 Å². The molecule has 0 bridgehead atoms. The van der Waals surface area contributed by atoms with Gasteiger partial charge in [-0.25, -0.2) is 0 Å². The van der Waals surface area contributed by atoms with Crippen LogP contribution in [0.25, 0.3) is 10.1 Å². The maximum absolute atomic E-state index is 12.3. The Morgan fingerprint density at radius 1 is 0.960 bits per heavy atom. The number of carbonyl (C=O) groups is 2. The van der Waals surface area contributed by atoms with E-state index in [0.717, 1.165) is 22.1 Å². The number of fused-ring (bicyclic) bond motifs is 1. The number of benzene rings is 2. The normalized spacial score (nSPS) is 10.6. The number of amides is 2. The first kappa shape index (κ1) is 17.5. The average Bonchev–Trinajstić information content (AvgIpc) is 2.98. The van der Waals surface area contributed by atoms with Crippen LogP contribution in [0.4, 0.5) is 0 Å². The Balaban J connectivity index is 1.49. The summed E-state index contributed by atoms with van der Waals surface area (Å²) >= 11 is 7.59. The second kappa shape index (κ2) is 8.14. The largest absolute Gasteiger partial charge is 0.354 e. The lowest BCUT2D eigenvalue weighted by Crippen LogP contribution is -2.37. The third-order valence-corrected chi connectivity index (χ3v) is 5.40. The summed E-state index contributed by atoms with van der Waals surface area (Å²) in [7, 11) is 0. The molecule has 2 amide bonds. The molecule has 0 aliphatic carbocycles. The van der Waals surface area contributed by atoms with Crippen molar-refractivity contribution in [3.05, 3.63) is 70.1 Å². The molecule has 2 aromatic carbocycles. The molecule has 0 radical (unpaired) electrons. The zero-order chi connectivity index (χ0) is 17.6. The fourth-order valence-electron chi connectivity index (χ4n) is 2.45. The number of hydrogen-bond acceptors (Lipinski definition) is 3. The van der Waals surface area contributed by atoms with Crippen molar-refractivity contribution in [2.45, 2.75) is 6.42 Å². The molecule has 128 valence electrons. The summed E-state index contributed by atoms with van der Waals surface area (Å²) in [6.45, 7) is 0.459. The van der Waals surface area contributed by atoms with Crippen molar-refractivity contribution in [3.63, 3.8) is 0 Å². The van der Waals surface area contributed by atoms with Crippen molar-refractivity contribution in [1.29, 1.82) is 0 Å². The summed E-state index contributed by atoms with van der Waals surface area (Å²) in [6.07, 6.45) is 0.753. The number of halogens is 1. The van der Waals surface area contributed by atoms with Crippen LogP contribution in [-0.4, -0.2) is 24.9 Å². The zero-order valence-corrected chi connectivity index (χ0v) is 15.0. The first-order valence-electron chi connectivity index (χ1n) is 7.91. The smallest absolute Gasteiger partial charge is 0.263 e. The van der Waals surface area contributed by atoms with Crippen molar-refractivity contribution in [1.82, 2.24) is 10.6 Å². The van der Waals surface area contributed by atoms with Crippen LogP contribution in [-0.2, 0) is 11.2 Å². The van der Waals surface area contributed by atoms with Crippen LogP contribution in [0.15, 0.2) is 54.6 Å². The van der Waals surface area contributed by atoms with Gasteiger partial charge in [-0.15, -0.1) is 11.3 Å². The Kier molecular flexibility index (Phi) is 5.68. The van der Waals surface area contributed by atoms with Crippen molar-refractivity contribution in [2.24, 2.45) is 0 Å². The van der Waals surface area contributed by atoms with Crippen LogP contribution >= 0.6 is 22.9 Å². The van der Waals surface area contributed by atoms with Gasteiger partial charge in [0.05, 0.1) is 11.6 Å². The Morgan fingerprint density at radius 2 is 1.68 bits per heavy atom. The van der Waals surface area contributed by atoms with E-state index < -0.39 is 0 Å². The predicted octanol–water partition coefficient (Wildman–Crippen LogP) is 3.64. The summed E-state index contributed by atoms with van der Waals surface area (Å²) in [6, 6.07) is 17.5. The molecule has 2 N–H and O–H groups in total. The fourth-order valence-corrected chi connectivity index (χ4v) is 3.89. The molecule has 3 aromatic rings. The van der Waals surface area contributed by atoms with Gasteiger partial charge in [-0.05, 0) is 18.1 Å². The number of carbonyl (C=O) groups excluding carboxylic acids is 2. The minimum Gasteiger partial charge on any atom is -0.354 e. The summed E-state index contributed by atoms with van der Waals surface area (Å²) in [5.74, 6) is -0.550. The maximum Gasteiger partial charge on any atom is 0.263 e. The molecule has 4 nitrogen and oxygen atoms in total. The molecule has 0 unspecified atom stereocenters. The number of nitrogens with one attached hydrogen (secondary N) is 2. The molecular weight excluding hydrogens is 356 g/mol. The van der Waals surface area contributed by atoms with Crippen LogP contribution in [0, 0.1) is 0 Å². The first-order chi connectivity index (χ1) is 12.1. The number of thiophene rings is 1. The van der Waals surface area contributed by atoms with Gasteiger partial charge in [-0.3, -0.25) is 9.59 Å². The first-order valence-corrected chi connectivity index (χ1v) is 9.10. The fraction of sp³-hybridized carbons (Fsp3) is 0.158. The van der Waals surface area contributed by atoms with Crippen LogP contribution in [0.3, 0.4) is 0 Å². The Morgan fingerprint density at radius 3 is 2.44 bits per heavy atom. The van der Waals surface area contributed by atoms with Crippen LogP contribution in [0.2, 0.25) is 5.02 Å². The zero-order valence-electron chi connectivity index (χ0n) is 13.4. The molecule has 1 aromatic heterocycles. The molecule has 6 heteroatoms. The number of rotatable bonds is 6. The summed E-state index contributed by atoms with van der Waals surface area (Å²) in [5.41, 5.74) is 1.16. The minimum absolute atomic E-state index is 0.0712. The molecule has 0 spiro atoms. The van der Waals surface area contributed by atoms with Gasteiger partial charge >= 0.3 is 0 Å². The molecule has 1 heterocycles. The van der Waals surface area contributed by atoms with Crippen molar-refractivity contribution in [2.75, 3.05) is 13.1 Å². The summed E-state index contributed by atoms with van der Waals surface area (Å²) in [4.78, 5) is 24.6. The van der Waals surface area contributed by atoms with Gasteiger partial charge in [-0.2, -0.15) is 0 Å². The molecule has 0 fully saturated rings. The molecule has 25 heavy (non-hydrogen) atoms. The third kappa shape index (κ3) is 4.38. The molecule has 0 atom stereocenters. The monoisotopic (exact) mass is 372 g/mol. The quantitative estimate of drug-likeness (QED) is 0.694. The van der Waals surface area contributed by atoms with Gasteiger partial charge in [0, 0.05) is 16.6 Å². The predicted molar refractivity (Wildman–Crippen MR) is 102 cm³/mol. The lowest BCUT2D eigenvalue weighted by Gasteiger charge is -2.06. The molecule has 3 rings (SSSR count). The van der Waals surface area contributed by atoms with Gasteiger partial charge < -0.3 is 10.6 Å². The minimum atomic E-state index is -0.329. The van der Waals surface area contributed by atoms with Gasteiger partial charge in [0.1, 0.15) is 4.88 Å². The van der Waals surface area contributed by atoms with Gasteiger partial charge in [-0.1, -0.05) is 60.1 Å². The second-order valence-electron chi connectivity index (χ2n) is 5.51. The summed E-state index contributed by atoms with van der Waals surface area (Å²) < 4.78 is 0.949.